The Labute approximate surface area is 173 Å². The first-order valence-corrected chi connectivity index (χ1v) is 9.84. The fourth-order valence-electron chi connectivity index (χ4n) is 3.79. The summed E-state index contributed by atoms with van der Waals surface area (Å²) in [6, 6.07) is 4.75. The summed E-state index contributed by atoms with van der Waals surface area (Å²) in [7, 11) is 1.60. The van der Waals surface area contributed by atoms with Gasteiger partial charge in [0.15, 0.2) is 11.2 Å². The smallest absolute Gasteiger partial charge is 0.332 e. The first-order valence-electron chi connectivity index (χ1n) is 9.84. The van der Waals surface area contributed by atoms with Gasteiger partial charge in [-0.3, -0.25) is 13.9 Å². The summed E-state index contributed by atoms with van der Waals surface area (Å²) in [5.41, 5.74) is 6.50. The van der Waals surface area contributed by atoms with E-state index in [1.807, 2.05) is 11.8 Å². The van der Waals surface area contributed by atoms with Crippen molar-refractivity contribution in [2.24, 2.45) is 12.8 Å². The van der Waals surface area contributed by atoms with Crippen molar-refractivity contribution in [1.82, 2.24) is 28.7 Å². The SMILES string of the molecule is CC#Cn1c(N2CCC[C@@H](N)C2)nc2c1c(=O)n(Cc1nccc(C)n1)c(=O)n2C. The number of aromatic nitrogens is 6. The second kappa shape index (κ2) is 7.76. The summed E-state index contributed by atoms with van der Waals surface area (Å²) < 4.78 is 4.06. The molecule has 4 heterocycles. The van der Waals surface area contributed by atoms with E-state index in [4.69, 9.17) is 5.73 Å². The molecule has 0 aliphatic carbocycles. The van der Waals surface area contributed by atoms with Crippen molar-refractivity contribution in [1.29, 1.82) is 0 Å². The lowest BCUT2D eigenvalue weighted by molar-refractivity contribution is 0.499. The fourth-order valence-corrected chi connectivity index (χ4v) is 3.79. The normalized spacial score (nSPS) is 16.5. The van der Waals surface area contributed by atoms with Crippen molar-refractivity contribution in [3.63, 3.8) is 0 Å². The molecule has 4 rings (SSSR count). The van der Waals surface area contributed by atoms with E-state index in [1.54, 1.807) is 30.8 Å². The molecule has 1 aliphatic rings. The van der Waals surface area contributed by atoms with Gasteiger partial charge in [0.2, 0.25) is 5.95 Å². The zero-order valence-corrected chi connectivity index (χ0v) is 17.3. The largest absolute Gasteiger partial charge is 0.340 e. The van der Waals surface area contributed by atoms with Crippen LogP contribution in [0.2, 0.25) is 0 Å². The van der Waals surface area contributed by atoms with E-state index in [1.165, 1.54) is 4.57 Å². The van der Waals surface area contributed by atoms with E-state index < -0.39 is 11.2 Å². The third-order valence-electron chi connectivity index (χ3n) is 5.23. The number of hydrogen-bond donors (Lipinski definition) is 1. The maximum absolute atomic E-state index is 13.4. The number of nitrogens with zero attached hydrogens (tertiary/aromatic N) is 7. The molecule has 10 heteroatoms. The van der Waals surface area contributed by atoms with Crippen LogP contribution in [0.1, 0.15) is 31.3 Å². The van der Waals surface area contributed by atoms with E-state index in [0.29, 0.717) is 24.0 Å². The third-order valence-corrected chi connectivity index (χ3v) is 5.23. The number of rotatable bonds is 3. The highest BCUT2D eigenvalue weighted by molar-refractivity contribution is 5.76. The van der Waals surface area contributed by atoms with Gasteiger partial charge in [0.25, 0.3) is 5.56 Å². The molecular weight excluding hydrogens is 384 g/mol. The van der Waals surface area contributed by atoms with Gasteiger partial charge in [-0.05, 0) is 32.8 Å². The molecule has 0 radical (unpaired) electrons. The molecule has 1 atom stereocenters. The van der Waals surface area contributed by atoms with Crippen LogP contribution in [-0.2, 0) is 13.6 Å². The van der Waals surface area contributed by atoms with E-state index in [0.717, 1.165) is 29.6 Å². The predicted octanol–water partition coefficient (Wildman–Crippen LogP) is -0.200. The molecular formula is C20H24N8O2. The lowest BCUT2D eigenvalue weighted by atomic mass is 10.1. The van der Waals surface area contributed by atoms with Gasteiger partial charge < -0.3 is 10.6 Å². The third kappa shape index (κ3) is 3.37. The molecule has 0 bridgehead atoms. The molecule has 3 aromatic heterocycles. The van der Waals surface area contributed by atoms with Crippen molar-refractivity contribution < 1.29 is 0 Å². The summed E-state index contributed by atoms with van der Waals surface area (Å²) in [6.07, 6.45) is 3.48. The number of anilines is 1. The van der Waals surface area contributed by atoms with Crippen molar-refractivity contribution in [2.75, 3.05) is 18.0 Å². The standard InChI is InChI=1S/C20H24N8O2/c1-4-9-27-16-17(24-19(27)26-10-5-6-14(21)11-26)25(3)20(30)28(18(16)29)12-15-22-8-7-13(2)23-15/h7-8,14H,5-6,10-12,21H2,1-3H3/t14-/m1/s1. The molecule has 0 amide bonds. The summed E-state index contributed by atoms with van der Waals surface area (Å²) in [4.78, 5) is 41.5. The maximum Gasteiger partial charge on any atom is 0.332 e. The highest BCUT2D eigenvalue weighted by atomic mass is 16.2. The van der Waals surface area contributed by atoms with Gasteiger partial charge in [-0.15, -0.1) is 0 Å². The first-order chi connectivity index (χ1) is 14.4. The molecule has 2 N–H and O–H groups in total. The summed E-state index contributed by atoms with van der Waals surface area (Å²) in [5.74, 6) is 3.77. The van der Waals surface area contributed by atoms with Crippen LogP contribution in [0, 0.1) is 18.9 Å². The zero-order valence-electron chi connectivity index (χ0n) is 17.3. The lowest BCUT2D eigenvalue weighted by Crippen LogP contribution is -2.43. The molecule has 0 unspecified atom stereocenters. The Balaban J connectivity index is 1.94. The van der Waals surface area contributed by atoms with E-state index in [-0.39, 0.29) is 18.1 Å². The first kappa shape index (κ1) is 19.8. The Kier molecular flexibility index (Phi) is 5.13. The number of aryl methyl sites for hydroxylation is 2. The van der Waals surface area contributed by atoms with Crippen molar-refractivity contribution in [3.05, 3.63) is 44.6 Å². The Morgan fingerprint density at radius 1 is 1.30 bits per heavy atom. The molecule has 0 spiro atoms. The van der Waals surface area contributed by atoms with Crippen LogP contribution in [0.4, 0.5) is 5.95 Å². The number of nitrogens with two attached hydrogens (primary N) is 1. The fraction of sp³-hybridized carbons (Fsp3) is 0.450. The minimum absolute atomic E-state index is 0.0283. The topological polar surface area (TPSA) is 117 Å². The molecule has 0 saturated carbocycles. The molecule has 10 nitrogen and oxygen atoms in total. The van der Waals surface area contributed by atoms with E-state index in [2.05, 4.69) is 26.9 Å². The Morgan fingerprint density at radius 2 is 2.10 bits per heavy atom. The number of hydrogen-bond acceptors (Lipinski definition) is 7. The van der Waals surface area contributed by atoms with Crippen LogP contribution in [0.25, 0.3) is 11.2 Å². The molecule has 3 aromatic rings. The van der Waals surface area contributed by atoms with E-state index >= 15 is 0 Å². The minimum Gasteiger partial charge on any atom is -0.340 e. The van der Waals surface area contributed by atoms with Crippen LogP contribution >= 0.6 is 0 Å². The Hall–Kier alpha value is -3.45. The van der Waals surface area contributed by atoms with Gasteiger partial charge in [-0.1, -0.05) is 5.92 Å². The lowest BCUT2D eigenvalue weighted by Gasteiger charge is -2.31. The molecule has 1 fully saturated rings. The molecule has 1 aliphatic heterocycles. The van der Waals surface area contributed by atoms with Gasteiger partial charge >= 0.3 is 5.69 Å². The van der Waals surface area contributed by atoms with Crippen LogP contribution in [0.5, 0.6) is 0 Å². The van der Waals surface area contributed by atoms with Crippen LogP contribution in [0.15, 0.2) is 21.9 Å². The quantitative estimate of drug-likeness (QED) is 0.597. The minimum atomic E-state index is -0.478. The number of imidazole rings is 1. The van der Waals surface area contributed by atoms with Crippen LogP contribution in [-0.4, -0.2) is 47.8 Å². The Bertz CT molecular complexity index is 1290. The average molecular weight is 408 g/mol. The zero-order chi connectivity index (χ0) is 21.4. The van der Waals surface area contributed by atoms with Gasteiger partial charge in [0.05, 0.1) is 6.54 Å². The highest BCUT2D eigenvalue weighted by Gasteiger charge is 2.26. The van der Waals surface area contributed by atoms with E-state index in [9.17, 15) is 9.59 Å². The van der Waals surface area contributed by atoms with Crippen molar-refractivity contribution in [2.45, 2.75) is 39.3 Å². The Morgan fingerprint density at radius 3 is 2.80 bits per heavy atom. The van der Waals surface area contributed by atoms with Crippen molar-refractivity contribution in [3.8, 4) is 12.0 Å². The monoisotopic (exact) mass is 408 g/mol. The van der Waals surface area contributed by atoms with Gasteiger partial charge in [-0.2, -0.15) is 4.98 Å². The second-order valence-electron chi connectivity index (χ2n) is 7.48. The molecule has 1 saturated heterocycles. The number of piperidine rings is 1. The maximum atomic E-state index is 13.4. The summed E-state index contributed by atoms with van der Waals surface area (Å²) in [5, 5.41) is 0. The van der Waals surface area contributed by atoms with Gasteiger partial charge in [0.1, 0.15) is 5.82 Å². The van der Waals surface area contributed by atoms with Crippen LogP contribution in [0.3, 0.4) is 0 Å². The van der Waals surface area contributed by atoms with Crippen LogP contribution < -0.4 is 21.9 Å². The second-order valence-corrected chi connectivity index (χ2v) is 7.48. The highest BCUT2D eigenvalue weighted by Crippen LogP contribution is 2.22. The summed E-state index contributed by atoms with van der Waals surface area (Å²) in [6.45, 7) is 4.88. The molecule has 30 heavy (non-hydrogen) atoms. The molecule has 0 aromatic carbocycles. The predicted molar refractivity (Wildman–Crippen MR) is 113 cm³/mol. The van der Waals surface area contributed by atoms with Gasteiger partial charge in [-0.25, -0.2) is 19.3 Å². The molecule has 156 valence electrons. The van der Waals surface area contributed by atoms with Crippen molar-refractivity contribution >= 4 is 17.1 Å². The number of fused-ring (bicyclic) bond motifs is 1. The van der Waals surface area contributed by atoms with Gasteiger partial charge in [0, 0.05) is 44.1 Å². The summed E-state index contributed by atoms with van der Waals surface area (Å²) >= 11 is 0. The average Bonchev–Trinajstić information content (AvgIpc) is 3.10.